The number of rotatable bonds is 10. The van der Waals surface area contributed by atoms with E-state index in [2.05, 4.69) is 10.1 Å². The fourth-order valence-electron chi connectivity index (χ4n) is 2.81. The number of benzene rings is 2. The highest BCUT2D eigenvalue weighted by Gasteiger charge is 2.32. The molecular formula is C20H21F3N2O7. The first kappa shape index (κ1) is 24.7. The van der Waals surface area contributed by atoms with Crippen molar-refractivity contribution in [2.75, 3.05) is 27.9 Å². The van der Waals surface area contributed by atoms with E-state index in [1.807, 2.05) is 0 Å². The van der Waals surface area contributed by atoms with E-state index in [1.54, 1.807) is 24.3 Å². The normalized spacial score (nSPS) is 11.1. The van der Waals surface area contributed by atoms with Crippen LogP contribution < -0.4 is 19.5 Å². The van der Waals surface area contributed by atoms with E-state index in [-0.39, 0.29) is 36.0 Å². The van der Waals surface area contributed by atoms with Crippen LogP contribution in [0.4, 0.5) is 18.9 Å². The summed E-state index contributed by atoms with van der Waals surface area (Å²) in [6, 6.07) is 7.47. The van der Waals surface area contributed by atoms with E-state index in [4.69, 9.17) is 14.2 Å². The topological polar surface area (TPSA) is 109 Å². The fourth-order valence-corrected chi connectivity index (χ4v) is 2.81. The first-order chi connectivity index (χ1) is 15.1. The number of nitrogens with zero attached hydrogens (tertiary/aromatic N) is 1. The van der Waals surface area contributed by atoms with Crippen molar-refractivity contribution in [3.8, 4) is 17.2 Å². The van der Waals surface area contributed by atoms with Crippen LogP contribution in [-0.2, 0) is 17.9 Å². The predicted molar refractivity (Wildman–Crippen MR) is 106 cm³/mol. The van der Waals surface area contributed by atoms with Crippen LogP contribution in [0.25, 0.3) is 0 Å². The first-order valence-corrected chi connectivity index (χ1v) is 9.09. The lowest BCUT2D eigenvalue weighted by molar-refractivity contribution is -0.386. The molecule has 32 heavy (non-hydrogen) atoms. The number of carbonyl (C=O) groups excluding carboxylic acids is 1. The Labute approximate surface area is 181 Å². The maximum atomic E-state index is 12.7. The van der Waals surface area contributed by atoms with Gasteiger partial charge in [0.1, 0.15) is 12.2 Å². The summed E-state index contributed by atoms with van der Waals surface area (Å²) in [5, 5.41) is 14.2. The standard InChI is InChI=1S/C20H21F3N2O7/c1-29-15-8-14(16(25(27)28)18(31-3)17(15)30-2)19(26)24-9-12-4-6-13(7-5-12)10-32-11-20(21,22)23/h4-8H,9-11H2,1-3H3,(H,24,26). The van der Waals surface area contributed by atoms with Gasteiger partial charge in [0.2, 0.25) is 11.5 Å². The zero-order valence-corrected chi connectivity index (χ0v) is 17.4. The third-order valence-electron chi connectivity index (χ3n) is 4.24. The minimum absolute atomic E-state index is 0.0103. The summed E-state index contributed by atoms with van der Waals surface area (Å²) < 4.78 is 56.3. The predicted octanol–water partition coefficient (Wildman–Crippen LogP) is 3.63. The fraction of sp³-hybridized carbons (Fsp3) is 0.350. The molecule has 1 N–H and O–H groups in total. The molecule has 2 aromatic rings. The van der Waals surface area contributed by atoms with E-state index in [0.29, 0.717) is 11.1 Å². The molecule has 174 valence electrons. The molecule has 2 aromatic carbocycles. The Balaban J connectivity index is 2.15. The van der Waals surface area contributed by atoms with Crippen LogP contribution in [0.3, 0.4) is 0 Å². The van der Waals surface area contributed by atoms with Crippen molar-refractivity contribution in [3.63, 3.8) is 0 Å². The molecule has 9 nitrogen and oxygen atoms in total. The molecular weight excluding hydrogens is 437 g/mol. The Morgan fingerprint density at radius 3 is 2.12 bits per heavy atom. The molecule has 0 aliphatic carbocycles. The number of hydrogen-bond acceptors (Lipinski definition) is 7. The van der Waals surface area contributed by atoms with E-state index in [1.165, 1.54) is 27.4 Å². The van der Waals surface area contributed by atoms with Crippen LogP contribution in [-0.4, -0.2) is 44.9 Å². The van der Waals surface area contributed by atoms with Crippen molar-refractivity contribution in [1.29, 1.82) is 0 Å². The van der Waals surface area contributed by atoms with Crippen LogP contribution in [0.1, 0.15) is 21.5 Å². The van der Waals surface area contributed by atoms with Crippen LogP contribution in [0, 0.1) is 10.1 Å². The number of ether oxygens (including phenoxy) is 4. The Kier molecular flexibility index (Phi) is 8.24. The highest BCUT2D eigenvalue weighted by Crippen LogP contribution is 2.46. The van der Waals surface area contributed by atoms with Gasteiger partial charge in [-0.15, -0.1) is 0 Å². The van der Waals surface area contributed by atoms with Crippen LogP contribution in [0.5, 0.6) is 17.2 Å². The summed E-state index contributed by atoms with van der Waals surface area (Å²) in [5.74, 6) is -0.969. The molecule has 0 radical (unpaired) electrons. The highest BCUT2D eigenvalue weighted by atomic mass is 19.4. The van der Waals surface area contributed by atoms with E-state index >= 15 is 0 Å². The summed E-state index contributed by atoms with van der Waals surface area (Å²) in [6.45, 7) is -1.56. The number of alkyl halides is 3. The van der Waals surface area contributed by atoms with Gasteiger partial charge < -0.3 is 24.3 Å². The molecule has 0 aliphatic rings. The number of carbonyl (C=O) groups is 1. The largest absolute Gasteiger partial charge is 0.493 e. The second-order valence-corrected chi connectivity index (χ2v) is 6.41. The van der Waals surface area contributed by atoms with Gasteiger partial charge in [0, 0.05) is 12.6 Å². The SMILES string of the molecule is COc1cc(C(=O)NCc2ccc(COCC(F)(F)F)cc2)c([N+](=O)[O-])c(OC)c1OC. The van der Waals surface area contributed by atoms with Crippen molar-refractivity contribution in [2.45, 2.75) is 19.3 Å². The molecule has 1 amide bonds. The third-order valence-corrected chi connectivity index (χ3v) is 4.24. The molecule has 2 rings (SSSR count). The number of hydrogen-bond donors (Lipinski definition) is 1. The zero-order valence-electron chi connectivity index (χ0n) is 17.4. The van der Waals surface area contributed by atoms with Gasteiger partial charge in [0.15, 0.2) is 5.75 Å². The Hall–Kier alpha value is -3.54. The summed E-state index contributed by atoms with van der Waals surface area (Å²) in [7, 11) is 3.79. The average Bonchev–Trinajstić information content (AvgIpc) is 2.75. The molecule has 0 aromatic heterocycles. The number of halogens is 3. The van der Waals surface area contributed by atoms with E-state index in [0.717, 1.165) is 0 Å². The number of nitro benzene ring substituents is 1. The highest BCUT2D eigenvalue weighted by molar-refractivity contribution is 6.00. The second-order valence-electron chi connectivity index (χ2n) is 6.41. The van der Waals surface area contributed by atoms with Crippen molar-refractivity contribution in [3.05, 3.63) is 57.1 Å². The Morgan fingerprint density at radius 1 is 1.03 bits per heavy atom. The summed E-state index contributed by atoms with van der Waals surface area (Å²) in [5.41, 5.74) is 0.263. The maximum Gasteiger partial charge on any atom is 0.411 e. The number of nitro groups is 1. The summed E-state index contributed by atoms with van der Waals surface area (Å²) in [4.78, 5) is 23.5. The van der Waals surface area contributed by atoms with Crippen molar-refractivity contribution in [1.82, 2.24) is 5.32 Å². The second kappa shape index (κ2) is 10.7. The third kappa shape index (κ3) is 6.23. The van der Waals surface area contributed by atoms with Gasteiger partial charge in [0.25, 0.3) is 5.91 Å². The molecule has 0 saturated carbocycles. The number of nitrogens with one attached hydrogen (secondary N) is 1. The molecule has 12 heteroatoms. The molecule has 0 bridgehead atoms. The lowest BCUT2D eigenvalue weighted by Gasteiger charge is -2.15. The van der Waals surface area contributed by atoms with Gasteiger partial charge in [-0.05, 0) is 11.1 Å². The molecule has 0 fully saturated rings. The van der Waals surface area contributed by atoms with Crippen molar-refractivity contribution < 1.29 is 41.8 Å². The van der Waals surface area contributed by atoms with E-state index in [9.17, 15) is 28.1 Å². The molecule has 0 atom stereocenters. The average molecular weight is 458 g/mol. The van der Waals surface area contributed by atoms with Gasteiger partial charge in [-0.2, -0.15) is 13.2 Å². The lowest BCUT2D eigenvalue weighted by atomic mass is 10.1. The molecule has 0 spiro atoms. The number of amides is 1. The first-order valence-electron chi connectivity index (χ1n) is 9.09. The Morgan fingerprint density at radius 2 is 1.62 bits per heavy atom. The van der Waals surface area contributed by atoms with Crippen LogP contribution in [0.2, 0.25) is 0 Å². The van der Waals surface area contributed by atoms with Gasteiger partial charge in [0.05, 0.1) is 32.9 Å². The minimum Gasteiger partial charge on any atom is -0.493 e. The number of methoxy groups -OCH3 is 3. The zero-order chi connectivity index (χ0) is 23.9. The summed E-state index contributed by atoms with van der Waals surface area (Å²) >= 11 is 0. The quantitative estimate of drug-likeness (QED) is 0.428. The van der Waals surface area contributed by atoms with Gasteiger partial charge in [-0.25, -0.2) is 0 Å². The van der Waals surface area contributed by atoms with Crippen LogP contribution >= 0.6 is 0 Å². The molecule has 0 unspecified atom stereocenters. The van der Waals surface area contributed by atoms with Crippen LogP contribution in [0.15, 0.2) is 30.3 Å². The van der Waals surface area contributed by atoms with Gasteiger partial charge >= 0.3 is 11.9 Å². The Bertz CT molecular complexity index is 963. The lowest BCUT2D eigenvalue weighted by Crippen LogP contribution is -2.24. The minimum atomic E-state index is -4.40. The molecule has 0 heterocycles. The van der Waals surface area contributed by atoms with Crippen molar-refractivity contribution in [2.24, 2.45) is 0 Å². The monoisotopic (exact) mass is 458 g/mol. The summed E-state index contributed by atoms with van der Waals surface area (Å²) in [6.07, 6.45) is -4.40. The van der Waals surface area contributed by atoms with Gasteiger partial charge in [-0.3, -0.25) is 14.9 Å². The van der Waals surface area contributed by atoms with Gasteiger partial charge in [-0.1, -0.05) is 24.3 Å². The maximum absolute atomic E-state index is 12.7. The molecule has 0 aliphatic heterocycles. The van der Waals surface area contributed by atoms with Crippen molar-refractivity contribution >= 4 is 11.6 Å². The molecule has 0 saturated heterocycles. The van der Waals surface area contributed by atoms with E-state index < -0.39 is 29.3 Å². The smallest absolute Gasteiger partial charge is 0.411 e.